The Hall–Kier alpha value is -3.55. The van der Waals surface area contributed by atoms with Crippen molar-refractivity contribution in [2.24, 2.45) is 0 Å². The molecule has 0 saturated heterocycles. The number of nitrogens with one attached hydrogen (secondary N) is 3. The fraction of sp³-hybridized carbons (Fsp3) is 0.400. The Morgan fingerprint density at radius 1 is 1.00 bits per heavy atom. The lowest BCUT2D eigenvalue weighted by Gasteiger charge is -2.26. The van der Waals surface area contributed by atoms with E-state index in [4.69, 9.17) is 0 Å². The summed E-state index contributed by atoms with van der Waals surface area (Å²) in [5.41, 5.74) is 1.50. The minimum Gasteiger partial charge on any atom is -0.372 e. The first-order valence-corrected chi connectivity index (χ1v) is 11.4. The Bertz CT molecular complexity index is 1170. The van der Waals surface area contributed by atoms with Crippen LogP contribution in [0.5, 0.6) is 0 Å². The Kier molecular flexibility index (Phi) is 8.29. The number of fused-ring (bicyclic) bond motifs is 1. The van der Waals surface area contributed by atoms with Gasteiger partial charge in [0.2, 0.25) is 0 Å². The van der Waals surface area contributed by atoms with Crippen molar-refractivity contribution >= 4 is 22.5 Å². The minimum atomic E-state index is -0.309. The molecule has 0 aliphatic rings. The zero-order valence-corrected chi connectivity index (χ0v) is 19.6. The van der Waals surface area contributed by atoms with E-state index in [1.807, 2.05) is 38.2 Å². The van der Waals surface area contributed by atoms with E-state index in [1.165, 1.54) is 5.56 Å². The number of amides is 2. The third-order valence-electron chi connectivity index (χ3n) is 6.02. The molecule has 0 radical (unpaired) electrons. The molecule has 176 valence electrons. The van der Waals surface area contributed by atoms with E-state index >= 15 is 0 Å². The summed E-state index contributed by atoms with van der Waals surface area (Å²) in [5.74, 6) is 0. The van der Waals surface area contributed by atoms with Crippen molar-refractivity contribution in [1.29, 1.82) is 0 Å². The molecule has 1 aromatic heterocycles. The summed E-state index contributed by atoms with van der Waals surface area (Å²) in [7, 11) is 1.83. The lowest BCUT2D eigenvalue weighted by molar-refractivity contribution is 0.193. The van der Waals surface area contributed by atoms with E-state index in [9.17, 15) is 14.4 Å². The molecule has 33 heavy (non-hydrogen) atoms. The van der Waals surface area contributed by atoms with Gasteiger partial charge in [0.15, 0.2) is 0 Å². The van der Waals surface area contributed by atoms with Gasteiger partial charge in [-0.1, -0.05) is 30.3 Å². The predicted octanol–water partition coefficient (Wildman–Crippen LogP) is 3.10. The molecule has 0 aliphatic heterocycles. The number of carbonyl (C=O) groups excluding carboxylic acids is 1. The van der Waals surface area contributed by atoms with E-state index in [0.29, 0.717) is 17.3 Å². The first-order chi connectivity index (χ1) is 15.9. The maximum Gasteiger partial charge on any atom is 0.317 e. The number of benzene rings is 2. The first-order valence-electron chi connectivity index (χ1n) is 11.4. The largest absolute Gasteiger partial charge is 0.372 e. The van der Waals surface area contributed by atoms with E-state index < -0.39 is 0 Å². The summed E-state index contributed by atoms with van der Waals surface area (Å²) >= 11 is 0. The van der Waals surface area contributed by atoms with Crippen molar-refractivity contribution in [1.82, 2.24) is 20.4 Å². The summed E-state index contributed by atoms with van der Waals surface area (Å²) in [6.07, 6.45) is 2.55. The average Bonchev–Trinajstić information content (AvgIpc) is 2.83. The molecule has 8 heteroatoms. The van der Waals surface area contributed by atoms with Gasteiger partial charge in [-0.25, -0.2) is 4.79 Å². The number of nitrogens with zero attached hydrogens (tertiary/aromatic N) is 2. The average molecular weight is 452 g/mol. The molecule has 8 nitrogen and oxygen atoms in total. The summed E-state index contributed by atoms with van der Waals surface area (Å²) in [6, 6.07) is 15.5. The first kappa shape index (κ1) is 24.1. The molecule has 3 N–H and O–H groups in total. The van der Waals surface area contributed by atoms with Gasteiger partial charge in [0, 0.05) is 38.4 Å². The molecule has 0 aliphatic carbocycles. The van der Waals surface area contributed by atoms with Crippen molar-refractivity contribution in [3.63, 3.8) is 0 Å². The number of anilines is 1. The molecule has 1 atom stereocenters. The van der Waals surface area contributed by atoms with Crippen LogP contribution in [0, 0.1) is 0 Å². The van der Waals surface area contributed by atoms with Crippen LogP contribution < -0.4 is 21.3 Å². The highest BCUT2D eigenvalue weighted by atomic mass is 16.2. The second kappa shape index (κ2) is 11.4. The minimum absolute atomic E-state index is 0.0650. The normalized spacial score (nSPS) is 11.8. The molecule has 0 fully saturated rings. The van der Waals surface area contributed by atoms with Gasteiger partial charge < -0.3 is 15.1 Å². The SMILES string of the molecule is CCN(CCCCNC(=O)N(C)C(C)Cc1ccccc1)c1ccc2c(=O)[nH][nH]c(=O)c2c1. The van der Waals surface area contributed by atoms with Crippen LogP contribution >= 0.6 is 0 Å². The van der Waals surface area contributed by atoms with Crippen LogP contribution in [0.15, 0.2) is 58.1 Å². The van der Waals surface area contributed by atoms with Crippen molar-refractivity contribution in [3.8, 4) is 0 Å². The van der Waals surface area contributed by atoms with Crippen LogP contribution in [-0.4, -0.2) is 53.9 Å². The van der Waals surface area contributed by atoms with E-state index in [-0.39, 0.29) is 23.2 Å². The number of hydrogen-bond acceptors (Lipinski definition) is 4. The molecule has 0 saturated carbocycles. The molecule has 0 bridgehead atoms. The standard InChI is InChI=1S/C25H33N5O3/c1-4-30(20-12-13-21-22(17-20)24(32)28-27-23(21)31)15-9-8-14-26-25(33)29(3)18(2)16-19-10-6-5-7-11-19/h5-7,10-13,17-18H,4,8-9,14-16H2,1-3H3,(H,26,33)(H,27,31)(H,28,32). The zero-order chi connectivity index (χ0) is 23.8. The number of H-pyrrole nitrogens is 2. The van der Waals surface area contributed by atoms with Gasteiger partial charge in [-0.3, -0.25) is 19.8 Å². The zero-order valence-electron chi connectivity index (χ0n) is 19.6. The third-order valence-corrected chi connectivity index (χ3v) is 6.02. The summed E-state index contributed by atoms with van der Waals surface area (Å²) in [5, 5.41) is 8.49. The number of rotatable bonds is 10. The molecular formula is C25H33N5O3. The lowest BCUT2D eigenvalue weighted by atomic mass is 10.1. The molecule has 1 unspecified atom stereocenters. The number of hydrogen-bond donors (Lipinski definition) is 3. The summed E-state index contributed by atoms with van der Waals surface area (Å²) in [4.78, 5) is 40.3. The fourth-order valence-electron chi connectivity index (χ4n) is 3.87. The second-order valence-corrected chi connectivity index (χ2v) is 8.31. The van der Waals surface area contributed by atoms with Crippen molar-refractivity contribution in [3.05, 3.63) is 74.8 Å². The summed E-state index contributed by atoms with van der Waals surface area (Å²) < 4.78 is 0. The molecule has 2 amide bonds. The monoisotopic (exact) mass is 451 g/mol. The molecule has 3 aromatic rings. The fourth-order valence-corrected chi connectivity index (χ4v) is 3.87. The van der Waals surface area contributed by atoms with Crippen molar-refractivity contribution in [2.45, 2.75) is 39.2 Å². The highest BCUT2D eigenvalue weighted by Crippen LogP contribution is 2.18. The maximum absolute atomic E-state index is 12.5. The number of unbranched alkanes of at least 4 members (excludes halogenated alkanes) is 1. The molecule has 3 rings (SSSR count). The van der Waals surface area contributed by atoms with E-state index in [1.54, 1.807) is 17.0 Å². The molecule has 1 heterocycles. The van der Waals surface area contributed by atoms with Crippen LogP contribution in [0.2, 0.25) is 0 Å². The predicted molar refractivity (Wildman–Crippen MR) is 133 cm³/mol. The number of aromatic amines is 2. The number of likely N-dealkylation sites (N-methyl/N-ethyl adjacent to an activating group) is 1. The van der Waals surface area contributed by atoms with E-state index in [2.05, 4.69) is 39.5 Å². The van der Waals surface area contributed by atoms with Gasteiger partial charge in [-0.2, -0.15) is 0 Å². The molecule has 2 aromatic carbocycles. The topological polar surface area (TPSA) is 101 Å². The Morgan fingerprint density at radius 2 is 1.70 bits per heavy atom. The number of aromatic nitrogens is 2. The Balaban J connectivity index is 1.46. The van der Waals surface area contributed by atoms with Gasteiger partial charge in [0.05, 0.1) is 10.8 Å². The van der Waals surface area contributed by atoms with Crippen LogP contribution in [0.1, 0.15) is 32.3 Å². The van der Waals surface area contributed by atoms with Crippen LogP contribution in [0.4, 0.5) is 10.5 Å². The van der Waals surface area contributed by atoms with Crippen molar-refractivity contribution in [2.75, 3.05) is 31.6 Å². The smallest absolute Gasteiger partial charge is 0.317 e. The Morgan fingerprint density at radius 3 is 2.39 bits per heavy atom. The van der Waals surface area contributed by atoms with Crippen LogP contribution in [-0.2, 0) is 6.42 Å². The highest BCUT2D eigenvalue weighted by Gasteiger charge is 2.15. The van der Waals surface area contributed by atoms with Gasteiger partial charge >= 0.3 is 6.03 Å². The molecular weight excluding hydrogens is 418 g/mol. The molecule has 0 spiro atoms. The van der Waals surface area contributed by atoms with Gasteiger partial charge in [-0.05, 0) is 56.9 Å². The van der Waals surface area contributed by atoms with Crippen LogP contribution in [0.25, 0.3) is 10.8 Å². The number of carbonyl (C=O) groups is 1. The lowest BCUT2D eigenvalue weighted by Crippen LogP contribution is -2.43. The summed E-state index contributed by atoms with van der Waals surface area (Å²) in [6.45, 7) is 6.27. The quantitative estimate of drug-likeness (QED) is 0.412. The van der Waals surface area contributed by atoms with Gasteiger partial charge in [0.25, 0.3) is 11.1 Å². The highest BCUT2D eigenvalue weighted by molar-refractivity contribution is 5.84. The van der Waals surface area contributed by atoms with Gasteiger partial charge in [0.1, 0.15) is 0 Å². The number of urea groups is 1. The third kappa shape index (κ3) is 6.25. The second-order valence-electron chi connectivity index (χ2n) is 8.31. The van der Waals surface area contributed by atoms with Gasteiger partial charge in [-0.15, -0.1) is 0 Å². The van der Waals surface area contributed by atoms with E-state index in [0.717, 1.165) is 38.0 Å². The van der Waals surface area contributed by atoms with Crippen molar-refractivity contribution < 1.29 is 4.79 Å². The maximum atomic E-state index is 12.5. The Labute approximate surface area is 193 Å². The van der Waals surface area contributed by atoms with Crippen LogP contribution in [0.3, 0.4) is 0 Å².